The molecule has 8 aromatic carbocycles. The third-order valence-corrected chi connectivity index (χ3v) is 21.1. The Morgan fingerprint density at radius 1 is 0.364 bits per heavy atom. The Kier molecular flexibility index (Phi) is 31.3. The van der Waals surface area contributed by atoms with Crippen molar-refractivity contribution in [1.29, 1.82) is 0 Å². The summed E-state index contributed by atoms with van der Waals surface area (Å²) in [5.74, 6) is -5.62. The van der Waals surface area contributed by atoms with Crippen molar-refractivity contribution >= 4 is 45.3 Å². The second-order valence-corrected chi connectivity index (χ2v) is 29.3. The second-order valence-electron chi connectivity index (χ2n) is 29.0. The summed E-state index contributed by atoms with van der Waals surface area (Å²) in [5, 5.41) is 3.66. The van der Waals surface area contributed by atoms with Crippen molar-refractivity contribution in [2.45, 2.75) is 175 Å². The minimum absolute atomic E-state index is 0.00667. The molecular weight excluding hydrogens is 1590 g/mol. The lowest BCUT2D eigenvalue weighted by molar-refractivity contribution is -0.410. The lowest BCUT2D eigenvalue weighted by atomic mass is 9.94. The first-order valence-corrected chi connectivity index (χ1v) is 40.7. The fourth-order valence-corrected chi connectivity index (χ4v) is 15.1. The Labute approximate surface area is 700 Å². The lowest BCUT2D eigenvalue weighted by Gasteiger charge is -2.53. The van der Waals surface area contributed by atoms with Gasteiger partial charge in [-0.1, -0.05) is 202 Å². The van der Waals surface area contributed by atoms with Crippen molar-refractivity contribution in [2.75, 3.05) is 52.8 Å². The minimum atomic E-state index is -2.03. The van der Waals surface area contributed by atoms with Gasteiger partial charge in [-0.3, -0.25) is 0 Å². The zero-order valence-corrected chi connectivity index (χ0v) is 67.4. The van der Waals surface area contributed by atoms with Crippen LogP contribution in [0.3, 0.4) is 0 Å². The van der Waals surface area contributed by atoms with Gasteiger partial charge in [0.05, 0.1) is 66.4 Å². The molecular formula is C90H94N3O27P. The van der Waals surface area contributed by atoms with Gasteiger partial charge in [-0.05, 0) is 91.2 Å². The van der Waals surface area contributed by atoms with Gasteiger partial charge in [0, 0.05) is 45.3 Å². The summed E-state index contributed by atoms with van der Waals surface area (Å²) in [5.41, 5.74) is 10.9. The van der Waals surface area contributed by atoms with E-state index in [0.29, 0.717) is 36.8 Å². The van der Waals surface area contributed by atoms with Crippen LogP contribution >= 0.6 is 9.47 Å². The fourth-order valence-electron chi connectivity index (χ4n) is 14.8. The highest BCUT2D eigenvalue weighted by molar-refractivity contribution is 7.09. The first kappa shape index (κ1) is 87.1. The van der Waals surface area contributed by atoms with Crippen molar-refractivity contribution in [3.05, 3.63) is 298 Å². The molecule has 31 heteroatoms. The Balaban J connectivity index is 0.926. The molecule has 121 heavy (non-hydrogen) atoms. The van der Waals surface area contributed by atoms with Gasteiger partial charge in [-0.2, -0.15) is 0 Å². The van der Waals surface area contributed by atoms with E-state index in [-0.39, 0.29) is 79.6 Å². The summed E-state index contributed by atoms with van der Waals surface area (Å²) in [4.78, 5) is 93.9. The number of carbonyl (C=O) groups excluding carboxylic acids is 6. The molecule has 23 unspecified atom stereocenters. The Bertz CT molecular complexity index is 4660. The number of nitrogens with zero attached hydrogens (tertiary/aromatic N) is 3. The standard InChI is InChI=1S/C90H94N3O27P/c1-3-5-48-100-51-63-67(71(109-79(94)55-31-15-7-16-32-55)75(87(105-63)102-50-47-92-93-91)111-81(96)57-35-19-9-20-36-57)117-88-77(113-83(98)59-39-23-11-24-40-59)73(69-65(107-88)53-103-85(115-69)61-43-27-13-28-44-61)119-89-76(112-82(97)58-37-21-10-22-38-58)72(110-80(95)56-33-17-8-18-34-56)68(64(106-89)52-101-49-6-4-2)118-90-78(114-84(99)60-41-25-12-26-42-60)74(120-121)70-66(108-90)54-104-86(116-70)62-45-29-14-30-46-62/h7-46,63-78,85-90H,3-6,47-54,121H2,1-2H3. The molecule has 30 nitrogen and oxygen atoms in total. The monoisotopic (exact) mass is 1680 g/mol. The molecule has 6 aliphatic rings. The smallest absolute Gasteiger partial charge is 0.338 e. The average molecular weight is 1680 g/mol. The van der Waals surface area contributed by atoms with Gasteiger partial charge in [0.1, 0.15) is 61.0 Å². The van der Waals surface area contributed by atoms with Crippen LogP contribution in [0.5, 0.6) is 0 Å². The number of benzene rings is 8. The van der Waals surface area contributed by atoms with Crippen LogP contribution < -0.4 is 0 Å². The normalized spacial score (nSPS) is 28.7. The highest BCUT2D eigenvalue weighted by atomic mass is 31.0. The van der Waals surface area contributed by atoms with Gasteiger partial charge in [-0.25, -0.2) is 28.8 Å². The highest BCUT2D eigenvalue weighted by Gasteiger charge is 2.63. The molecule has 0 aromatic heterocycles. The third kappa shape index (κ3) is 22.2. The van der Waals surface area contributed by atoms with Crippen molar-refractivity contribution in [2.24, 2.45) is 5.11 Å². The number of unbranched alkanes of at least 4 members (excludes halogenated alkanes) is 2. The molecule has 0 amide bonds. The molecule has 636 valence electrons. The first-order chi connectivity index (χ1) is 59.3. The summed E-state index contributed by atoms with van der Waals surface area (Å²) in [6.07, 6.45) is -32.1. The molecule has 0 radical (unpaired) electrons. The zero-order valence-electron chi connectivity index (χ0n) is 66.2. The van der Waals surface area contributed by atoms with E-state index in [1.807, 2.05) is 44.2 Å². The van der Waals surface area contributed by atoms with Gasteiger partial charge in [0.15, 0.2) is 74.4 Å². The molecule has 6 aliphatic heterocycles. The summed E-state index contributed by atoms with van der Waals surface area (Å²) in [7, 11) is 2.24. The number of rotatable bonds is 35. The molecule has 0 N–H and O–H groups in total. The molecule has 23 atom stereocenters. The number of fused-ring (bicyclic) bond motifs is 2. The Morgan fingerprint density at radius 2 is 0.661 bits per heavy atom. The SMILES string of the molecule is CCCCOCC1OC(OCCN=[N+]=[N-])C(OC(=O)c2ccccc2)C(OC(=O)c2ccccc2)C1OC1OC2COC(c3ccccc3)OC2C(OC2OC(COCCCC)C(OC3OC4COC(c5ccccc5)OC4C(OP)C3OC(=O)c3ccccc3)C(OC(=O)c3ccccc3)C2OC(=O)c2ccccc2)C1OC(=O)c1ccccc1. The predicted octanol–water partition coefficient (Wildman–Crippen LogP) is 12.8. The van der Waals surface area contributed by atoms with Gasteiger partial charge in [-0.15, -0.1) is 0 Å². The number of carbonyl (C=O) groups is 6. The Morgan fingerprint density at radius 3 is 1.01 bits per heavy atom. The van der Waals surface area contributed by atoms with E-state index in [2.05, 4.69) is 19.5 Å². The van der Waals surface area contributed by atoms with Crippen molar-refractivity contribution < 1.29 is 128 Å². The number of esters is 6. The van der Waals surface area contributed by atoms with E-state index in [1.54, 1.807) is 152 Å². The van der Waals surface area contributed by atoms with E-state index in [0.717, 1.165) is 0 Å². The molecule has 8 aromatic rings. The molecule has 0 saturated carbocycles. The Hall–Kier alpha value is -10.3. The van der Waals surface area contributed by atoms with Crippen LogP contribution in [0.25, 0.3) is 10.4 Å². The second kappa shape index (κ2) is 43.5. The lowest BCUT2D eigenvalue weighted by Crippen LogP contribution is -2.70. The molecule has 6 saturated heterocycles. The topological polar surface area (TPSA) is 345 Å². The quantitative estimate of drug-likeness (QED) is 0.00677. The highest BCUT2D eigenvalue weighted by Crippen LogP contribution is 2.45. The number of hydrogen-bond donors (Lipinski definition) is 0. The summed E-state index contributed by atoms with van der Waals surface area (Å²) in [6, 6.07) is 66.0. The zero-order chi connectivity index (χ0) is 83.8. The van der Waals surface area contributed by atoms with Gasteiger partial charge in [0.2, 0.25) is 0 Å². The van der Waals surface area contributed by atoms with Crippen molar-refractivity contribution in [3.63, 3.8) is 0 Å². The third-order valence-electron chi connectivity index (χ3n) is 20.8. The van der Waals surface area contributed by atoms with E-state index in [9.17, 15) is 15.1 Å². The number of ether oxygens (including phenoxy) is 20. The van der Waals surface area contributed by atoms with Crippen LogP contribution in [0.4, 0.5) is 0 Å². The van der Waals surface area contributed by atoms with Crippen molar-refractivity contribution in [1.82, 2.24) is 0 Å². The molecule has 6 fully saturated rings. The molecule has 14 rings (SSSR count). The molecule has 0 bridgehead atoms. The van der Waals surface area contributed by atoms with Crippen LogP contribution in [0.1, 0.15) is 125 Å². The molecule has 0 aliphatic carbocycles. The molecule has 6 heterocycles. The van der Waals surface area contributed by atoms with Gasteiger partial charge < -0.3 is 99.3 Å². The van der Waals surface area contributed by atoms with Gasteiger partial charge >= 0.3 is 35.8 Å². The van der Waals surface area contributed by atoms with E-state index < -0.39 is 178 Å². The minimum Gasteiger partial charge on any atom is -0.452 e. The van der Waals surface area contributed by atoms with Crippen LogP contribution in [0, 0.1) is 0 Å². The number of hydrogen-bond acceptors (Lipinski definition) is 28. The predicted molar refractivity (Wildman–Crippen MR) is 429 cm³/mol. The van der Waals surface area contributed by atoms with Crippen LogP contribution in [-0.2, 0) is 99.3 Å². The fraction of sp³-hybridized carbons (Fsp3) is 0.400. The summed E-state index contributed by atoms with van der Waals surface area (Å²) < 4.78 is 143. The van der Waals surface area contributed by atoms with E-state index in [1.165, 1.54) is 60.7 Å². The van der Waals surface area contributed by atoms with Crippen LogP contribution in [0.2, 0.25) is 0 Å². The van der Waals surface area contributed by atoms with Crippen molar-refractivity contribution in [3.8, 4) is 0 Å². The first-order valence-electron chi connectivity index (χ1n) is 40.3. The summed E-state index contributed by atoms with van der Waals surface area (Å²) >= 11 is 0. The number of azide groups is 1. The average Bonchev–Trinajstić information content (AvgIpc) is 0.747. The van der Waals surface area contributed by atoms with Crippen LogP contribution in [-0.4, -0.2) is 211 Å². The van der Waals surface area contributed by atoms with E-state index in [4.69, 9.17) is 99.3 Å². The maximum absolute atomic E-state index is 15.6. The maximum Gasteiger partial charge on any atom is 0.338 e. The largest absolute Gasteiger partial charge is 0.452 e. The van der Waals surface area contributed by atoms with Gasteiger partial charge in [0.25, 0.3) is 0 Å². The van der Waals surface area contributed by atoms with Crippen LogP contribution in [0.15, 0.2) is 248 Å². The maximum atomic E-state index is 15.6. The summed E-state index contributed by atoms with van der Waals surface area (Å²) in [6.45, 7) is 2.55. The van der Waals surface area contributed by atoms with E-state index >= 15 is 19.2 Å². The molecule has 0 spiro atoms.